The molecule has 0 aromatic rings. The molecule has 0 aliphatic carbocycles. The fraction of sp³-hybridized carbons (Fsp3) is 0.636. The Balaban J connectivity index is 3.95. The van der Waals surface area contributed by atoms with Crippen molar-refractivity contribution in [2.75, 3.05) is 0 Å². The Morgan fingerprint density at radius 1 is 1.33 bits per heavy atom. The van der Waals surface area contributed by atoms with Crippen molar-refractivity contribution in [3.63, 3.8) is 0 Å². The molecular weight excluding hydrogens is 196 g/mol. The average molecular weight is 214 g/mol. The van der Waals surface area contributed by atoms with Crippen molar-refractivity contribution in [3.8, 4) is 0 Å². The zero-order valence-corrected chi connectivity index (χ0v) is 9.23. The Morgan fingerprint density at radius 2 is 2.00 bits per heavy atom. The predicted molar refractivity (Wildman–Crippen MR) is 56.5 cm³/mol. The molecule has 0 aromatic heterocycles. The van der Waals surface area contributed by atoms with Crippen LogP contribution >= 0.6 is 0 Å². The quantitative estimate of drug-likeness (QED) is 0.521. The van der Waals surface area contributed by atoms with Crippen LogP contribution in [0.3, 0.4) is 0 Å². The van der Waals surface area contributed by atoms with E-state index in [1.165, 1.54) is 0 Å². The number of unbranched alkanes of at least 4 members (excludes halogenated alkanes) is 1. The summed E-state index contributed by atoms with van der Waals surface area (Å²) in [6.07, 6.45) is 5.28. The molecular formula is C11H18O4. The molecule has 86 valence electrons. The van der Waals surface area contributed by atoms with Crippen LogP contribution in [0.25, 0.3) is 0 Å². The first-order valence-corrected chi connectivity index (χ1v) is 5.21. The van der Waals surface area contributed by atoms with Crippen LogP contribution in [0.15, 0.2) is 12.2 Å². The Hall–Kier alpha value is -1.32. The molecule has 0 amide bonds. The van der Waals surface area contributed by atoms with Crippen molar-refractivity contribution in [2.45, 2.75) is 45.6 Å². The van der Waals surface area contributed by atoms with E-state index in [-0.39, 0.29) is 6.10 Å². The third-order valence-corrected chi connectivity index (χ3v) is 1.98. The monoisotopic (exact) mass is 214 g/mol. The van der Waals surface area contributed by atoms with Crippen molar-refractivity contribution >= 4 is 11.9 Å². The number of esters is 1. The van der Waals surface area contributed by atoms with Gasteiger partial charge in [-0.25, -0.2) is 9.59 Å². The van der Waals surface area contributed by atoms with Gasteiger partial charge in [0.2, 0.25) is 0 Å². The first-order chi connectivity index (χ1) is 7.10. The van der Waals surface area contributed by atoms with Gasteiger partial charge in [0.25, 0.3) is 0 Å². The van der Waals surface area contributed by atoms with Crippen LogP contribution in [0, 0.1) is 0 Å². The van der Waals surface area contributed by atoms with Gasteiger partial charge in [-0.15, -0.1) is 0 Å². The molecule has 0 aliphatic heterocycles. The molecule has 1 N–H and O–H groups in total. The summed E-state index contributed by atoms with van der Waals surface area (Å²) < 4.78 is 5.06. The van der Waals surface area contributed by atoms with Crippen molar-refractivity contribution in [3.05, 3.63) is 12.2 Å². The van der Waals surface area contributed by atoms with Gasteiger partial charge in [0.05, 0.1) is 0 Å². The summed E-state index contributed by atoms with van der Waals surface area (Å²) in [4.78, 5) is 21.2. The Kier molecular flexibility index (Phi) is 7.32. The molecule has 0 aromatic carbocycles. The second-order valence-corrected chi connectivity index (χ2v) is 3.28. The van der Waals surface area contributed by atoms with Gasteiger partial charge in [0, 0.05) is 12.2 Å². The normalized spacial score (nSPS) is 12.7. The van der Waals surface area contributed by atoms with Crippen molar-refractivity contribution in [1.82, 2.24) is 0 Å². The molecule has 0 spiro atoms. The molecule has 0 saturated carbocycles. The second-order valence-electron chi connectivity index (χ2n) is 3.28. The van der Waals surface area contributed by atoms with E-state index < -0.39 is 11.9 Å². The molecule has 0 radical (unpaired) electrons. The lowest BCUT2D eigenvalue weighted by Gasteiger charge is -2.14. The van der Waals surface area contributed by atoms with E-state index in [4.69, 9.17) is 9.84 Å². The molecule has 15 heavy (non-hydrogen) atoms. The summed E-state index contributed by atoms with van der Waals surface area (Å²) >= 11 is 0. The number of hydrogen-bond donors (Lipinski definition) is 1. The SMILES string of the molecule is CCCCC(CC)OC(=O)/C=C/C(=O)O. The summed E-state index contributed by atoms with van der Waals surface area (Å²) in [7, 11) is 0. The van der Waals surface area contributed by atoms with Crippen LogP contribution in [0.2, 0.25) is 0 Å². The van der Waals surface area contributed by atoms with Gasteiger partial charge in [0.15, 0.2) is 0 Å². The van der Waals surface area contributed by atoms with Crippen molar-refractivity contribution in [1.29, 1.82) is 0 Å². The summed E-state index contributed by atoms with van der Waals surface area (Å²) in [6, 6.07) is 0. The van der Waals surface area contributed by atoms with Crippen LogP contribution in [0.5, 0.6) is 0 Å². The number of aliphatic carboxylic acids is 1. The molecule has 1 unspecified atom stereocenters. The highest BCUT2D eigenvalue weighted by Crippen LogP contribution is 2.08. The highest BCUT2D eigenvalue weighted by Gasteiger charge is 2.09. The lowest BCUT2D eigenvalue weighted by atomic mass is 10.1. The smallest absolute Gasteiger partial charge is 0.331 e. The van der Waals surface area contributed by atoms with Gasteiger partial charge in [-0.2, -0.15) is 0 Å². The van der Waals surface area contributed by atoms with Gasteiger partial charge in [-0.05, 0) is 12.8 Å². The predicted octanol–water partition coefficient (Wildman–Crippen LogP) is 2.14. The Labute approximate surface area is 89.9 Å². The summed E-state index contributed by atoms with van der Waals surface area (Å²) in [6.45, 7) is 4.01. The first kappa shape index (κ1) is 13.7. The highest BCUT2D eigenvalue weighted by atomic mass is 16.5. The fourth-order valence-corrected chi connectivity index (χ4v) is 1.12. The molecule has 4 nitrogen and oxygen atoms in total. The Morgan fingerprint density at radius 3 is 2.47 bits per heavy atom. The number of carboxylic acids is 1. The summed E-state index contributed by atoms with van der Waals surface area (Å²) in [5, 5.41) is 8.30. The zero-order chi connectivity index (χ0) is 11.7. The zero-order valence-electron chi connectivity index (χ0n) is 9.23. The summed E-state index contributed by atoms with van der Waals surface area (Å²) in [5.74, 6) is -1.73. The topological polar surface area (TPSA) is 63.6 Å². The molecule has 0 aliphatic rings. The average Bonchev–Trinajstić information content (AvgIpc) is 2.21. The van der Waals surface area contributed by atoms with Crippen LogP contribution in [-0.4, -0.2) is 23.1 Å². The van der Waals surface area contributed by atoms with E-state index in [2.05, 4.69) is 6.92 Å². The molecule has 0 saturated heterocycles. The molecule has 0 heterocycles. The third-order valence-electron chi connectivity index (χ3n) is 1.98. The number of ether oxygens (including phenoxy) is 1. The van der Waals surface area contributed by atoms with E-state index in [9.17, 15) is 9.59 Å². The number of carboxylic acid groups (broad SMARTS) is 1. The van der Waals surface area contributed by atoms with Crippen LogP contribution in [0.4, 0.5) is 0 Å². The minimum Gasteiger partial charge on any atom is -0.478 e. The van der Waals surface area contributed by atoms with E-state index in [1.807, 2.05) is 6.92 Å². The lowest BCUT2D eigenvalue weighted by molar-refractivity contribution is -0.144. The molecule has 0 bridgehead atoms. The van der Waals surface area contributed by atoms with Gasteiger partial charge < -0.3 is 9.84 Å². The van der Waals surface area contributed by atoms with Crippen LogP contribution in [0.1, 0.15) is 39.5 Å². The van der Waals surface area contributed by atoms with Crippen molar-refractivity contribution < 1.29 is 19.4 Å². The standard InChI is InChI=1S/C11H18O4/c1-3-5-6-9(4-2)15-11(14)8-7-10(12)13/h7-9H,3-6H2,1-2H3,(H,12,13)/b8-7+. The van der Waals surface area contributed by atoms with E-state index in [0.29, 0.717) is 0 Å². The maximum atomic E-state index is 11.1. The van der Waals surface area contributed by atoms with Crippen molar-refractivity contribution in [2.24, 2.45) is 0 Å². The number of rotatable bonds is 7. The maximum Gasteiger partial charge on any atom is 0.331 e. The molecule has 4 heteroatoms. The summed E-state index contributed by atoms with van der Waals surface area (Å²) in [5.41, 5.74) is 0. The third kappa shape index (κ3) is 7.73. The number of hydrogen-bond acceptors (Lipinski definition) is 3. The minimum absolute atomic E-state index is 0.101. The van der Waals surface area contributed by atoms with Gasteiger partial charge in [-0.1, -0.05) is 26.7 Å². The van der Waals surface area contributed by atoms with E-state index >= 15 is 0 Å². The van der Waals surface area contributed by atoms with Gasteiger partial charge >= 0.3 is 11.9 Å². The van der Waals surface area contributed by atoms with Gasteiger partial charge in [-0.3, -0.25) is 0 Å². The first-order valence-electron chi connectivity index (χ1n) is 5.21. The van der Waals surface area contributed by atoms with E-state index in [1.54, 1.807) is 0 Å². The number of carbonyl (C=O) groups is 2. The molecule has 0 rings (SSSR count). The minimum atomic E-state index is -1.14. The second kappa shape index (κ2) is 8.03. The Bertz CT molecular complexity index is 233. The van der Waals surface area contributed by atoms with Gasteiger partial charge in [0.1, 0.15) is 6.10 Å². The van der Waals surface area contributed by atoms with E-state index in [0.717, 1.165) is 37.8 Å². The molecule has 0 fully saturated rings. The molecule has 1 atom stereocenters. The largest absolute Gasteiger partial charge is 0.478 e. The van der Waals surface area contributed by atoms with Crippen LogP contribution < -0.4 is 0 Å². The highest BCUT2D eigenvalue weighted by molar-refractivity contribution is 5.90. The lowest BCUT2D eigenvalue weighted by Crippen LogP contribution is -2.16. The fourth-order valence-electron chi connectivity index (χ4n) is 1.12. The number of carbonyl (C=O) groups excluding carboxylic acids is 1. The maximum absolute atomic E-state index is 11.1. The van der Waals surface area contributed by atoms with Crippen LogP contribution in [-0.2, 0) is 14.3 Å².